The van der Waals surface area contributed by atoms with Crippen molar-refractivity contribution in [2.45, 2.75) is 24.9 Å². The van der Waals surface area contributed by atoms with Gasteiger partial charge in [-0.1, -0.05) is 6.07 Å². The lowest BCUT2D eigenvalue weighted by atomic mass is 9.96. The van der Waals surface area contributed by atoms with Gasteiger partial charge in [-0.25, -0.2) is 0 Å². The van der Waals surface area contributed by atoms with E-state index in [9.17, 15) is 19.0 Å². The fourth-order valence-corrected chi connectivity index (χ4v) is 2.96. The van der Waals surface area contributed by atoms with Crippen LogP contribution in [0.5, 0.6) is 0 Å². The molecule has 7 nitrogen and oxygen atoms in total. The molecule has 0 aliphatic heterocycles. The number of nitrogens with zero attached hydrogens (tertiary/aromatic N) is 1. The minimum atomic E-state index is -3.12. The first-order valence-corrected chi connectivity index (χ1v) is 7.42. The molecule has 0 aromatic carbocycles. The van der Waals surface area contributed by atoms with Crippen LogP contribution in [0.3, 0.4) is 0 Å². The van der Waals surface area contributed by atoms with E-state index in [2.05, 4.69) is 4.98 Å². The maximum absolute atomic E-state index is 11.4. The van der Waals surface area contributed by atoms with E-state index >= 15 is 0 Å². The summed E-state index contributed by atoms with van der Waals surface area (Å²) in [6, 6.07) is 5.01. The third kappa shape index (κ3) is 5.11. The van der Waals surface area contributed by atoms with E-state index < -0.39 is 31.5 Å². The van der Waals surface area contributed by atoms with Crippen molar-refractivity contribution in [2.75, 3.05) is 0 Å². The molecule has 0 fully saturated rings. The molecule has 1 aromatic heterocycles. The van der Waals surface area contributed by atoms with E-state index in [1.54, 1.807) is 18.2 Å². The Morgan fingerprint density at radius 1 is 1.30 bits per heavy atom. The highest BCUT2D eigenvalue weighted by molar-refractivity contribution is 7.39. The number of aliphatic carboxylic acids is 2. The summed E-state index contributed by atoms with van der Waals surface area (Å²) in [5.74, 6) is -3.57. The first kappa shape index (κ1) is 16.3. The zero-order valence-electron chi connectivity index (χ0n) is 10.6. The van der Waals surface area contributed by atoms with Crippen LogP contribution in [0, 0.1) is 5.92 Å². The topological polar surface area (TPSA) is 125 Å². The molecule has 0 bridgehead atoms. The van der Waals surface area contributed by atoms with E-state index in [-0.39, 0.29) is 19.3 Å². The van der Waals surface area contributed by atoms with Crippen LogP contribution < -0.4 is 0 Å². The molecule has 0 amide bonds. The standard InChI is InChI=1S/C12H16NO6P/c14-11(15)5-4-9(12(16)17)10(20(18)19)7-8-3-1-2-6-13-8/h1-3,6,9-10,20H,4-5,7H2,(H,14,15)(H,16,17)(H,18,19). The summed E-state index contributed by atoms with van der Waals surface area (Å²) in [4.78, 5) is 35.1. The van der Waals surface area contributed by atoms with Crippen molar-refractivity contribution in [3.05, 3.63) is 30.1 Å². The molecular formula is C12H16NO6P. The smallest absolute Gasteiger partial charge is 0.307 e. The Morgan fingerprint density at radius 3 is 2.45 bits per heavy atom. The van der Waals surface area contributed by atoms with Gasteiger partial charge in [-0.2, -0.15) is 0 Å². The van der Waals surface area contributed by atoms with Gasteiger partial charge in [0.25, 0.3) is 0 Å². The average Bonchev–Trinajstić information content (AvgIpc) is 2.38. The molecule has 3 N–H and O–H groups in total. The van der Waals surface area contributed by atoms with Crippen LogP contribution in [0.15, 0.2) is 24.4 Å². The second-order valence-corrected chi connectivity index (χ2v) is 5.77. The molecule has 0 radical (unpaired) electrons. The zero-order valence-corrected chi connectivity index (χ0v) is 11.6. The van der Waals surface area contributed by atoms with Gasteiger partial charge < -0.3 is 15.1 Å². The minimum absolute atomic E-state index is 0.0335. The Bertz CT molecular complexity index is 492. The van der Waals surface area contributed by atoms with Gasteiger partial charge in [-0.15, -0.1) is 0 Å². The van der Waals surface area contributed by atoms with Gasteiger partial charge in [0.15, 0.2) is 8.03 Å². The molecule has 0 spiro atoms. The highest BCUT2D eigenvalue weighted by Gasteiger charge is 2.32. The molecule has 3 unspecified atom stereocenters. The summed E-state index contributed by atoms with van der Waals surface area (Å²) in [5, 5.41) is 17.8. The quantitative estimate of drug-likeness (QED) is 0.612. The zero-order chi connectivity index (χ0) is 15.1. The normalized spacial score (nSPS) is 15.2. The van der Waals surface area contributed by atoms with Gasteiger partial charge >= 0.3 is 11.9 Å². The number of carbonyl (C=O) groups is 2. The number of hydrogen-bond acceptors (Lipinski definition) is 4. The number of carboxylic acids is 2. The predicted octanol–water partition coefficient (Wildman–Crippen LogP) is 1.03. The second kappa shape index (κ2) is 7.77. The van der Waals surface area contributed by atoms with Crippen LogP contribution in [0.1, 0.15) is 18.5 Å². The van der Waals surface area contributed by atoms with E-state index in [4.69, 9.17) is 10.2 Å². The van der Waals surface area contributed by atoms with E-state index in [0.717, 1.165) is 0 Å². The van der Waals surface area contributed by atoms with Gasteiger partial charge in [0.1, 0.15) is 0 Å². The van der Waals surface area contributed by atoms with Crippen molar-refractivity contribution in [3.8, 4) is 0 Å². The van der Waals surface area contributed by atoms with Crippen LogP contribution in [0.2, 0.25) is 0 Å². The van der Waals surface area contributed by atoms with E-state index in [1.165, 1.54) is 6.20 Å². The maximum Gasteiger partial charge on any atom is 0.307 e. The van der Waals surface area contributed by atoms with Crippen molar-refractivity contribution >= 4 is 20.0 Å². The molecule has 110 valence electrons. The number of aromatic nitrogens is 1. The maximum atomic E-state index is 11.4. The van der Waals surface area contributed by atoms with Crippen LogP contribution in [0.4, 0.5) is 0 Å². The minimum Gasteiger partial charge on any atom is -0.481 e. The molecule has 1 rings (SSSR count). The molecule has 0 saturated carbocycles. The van der Waals surface area contributed by atoms with E-state index in [1.807, 2.05) is 0 Å². The van der Waals surface area contributed by atoms with Gasteiger partial charge in [-0.3, -0.25) is 19.1 Å². The van der Waals surface area contributed by atoms with Crippen LogP contribution >= 0.6 is 8.03 Å². The summed E-state index contributed by atoms with van der Waals surface area (Å²) in [7, 11) is -3.12. The third-order valence-electron chi connectivity index (χ3n) is 2.94. The molecule has 3 atom stereocenters. The van der Waals surface area contributed by atoms with Crippen LogP contribution in [0.25, 0.3) is 0 Å². The van der Waals surface area contributed by atoms with Crippen LogP contribution in [-0.2, 0) is 20.6 Å². The van der Waals surface area contributed by atoms with Crippen LogP contribution in [-0.4, -0.2) is 37.7 Å². The highest BCUT2D eigenvalue weighted by Crippen LogP contribution is 2.34. The molecule has 0 aliphatic carbocycles. The summed E-state index contributed by atoms with van der Waals surface area (Å²) in [5.41, 5.74) is -0.516. The third-order valence-corrected chi connectivity index (χ3v) is 4.19. The Labute approximate surface area is 116 Å². The molecule has 1 heterocycles. The van der Waals surface area contributed by atoms with Crippen molar-refractivity contribution in [1.29, 1.82) is 0 Å². The summed E-state index contributed by atoms with van der Waals surface area (Å²) < 4.78 is 11.4. The lowest BCUT2D eigenvalue weighted by molar-refractivity contribution is -0.143. The number of carboxylic acid groups (broad SMARTS) is 2. The summed E-state index contributed by atoms with van der Waals surface area (Å²) >= 11 is 0. The van der Waals surface area contributed by atoms with Crippen molar-refractivity contribution in [3.63, 3.8) is 0 Å². The predicted molar refractivity (Wildman–Crippen MR) is 70.9 cm³/mol. The molecule has 8 heteroatoms. The average molecular weight is 301 g/mol. The molecule has 0 aliphatic rings. The monoisotopic (exact) mass is 301 g/mol. The van der Waals surface area contributed by atoms with Crippen molar-refractivity contribution < 1.29 is 29.3 Å². The number of rotatable bonds is 8. The van der Waals surface area contributed by atoms with Gasteiger partial charge in [0.2, 0.25) is 0 Å². The molecule has 1 aromatic rings. The molecule has 0 saturated heterocycles. The first-order chi connectivity index (χ1) is 9.41. The number of hydrogen-bond donors (Lipinski definition) is 3. The van der Waals surface area contributed by atoms with Crippen molar-refractivity contribution in [1.82, 2.24) is 4.98 Å². The Kier molecular flexibility index (Phi) is 6.35. The van der Waals surface area contributed by atoms with Gasteiger partial charge in [0.05, 0.1) is 11.6 Å². The number of pyridine rings is 1. The largest absolute Gasteiger partial charge is 0.481 e. The van der Waals surface area contributed by atoms with Crippen molar-refractivity contribution in [2.24, 2.45) is 5.92 Å². The Morgan fingerprint density at radius 2 is 2.00 bits per heavy atom. The molecule has 20 heavy (non-hydrogen) atoms. The Hall–Kier alpha value is -1.72. The second-order valence-electron chi connectivity index (χ2n) is 4.35. The first-order valence-electron chi connectivity index (χ1n) is 5.99. The highest BCUT2D eigenvalue weighted by atomic mass is 31.1. The SMILES string of the molecule is O=C(O)CCC(C(=O)O)C(Cc1ccccn1)[PH](=O)O. The fraction of sp³-hybridized carbons (Fsp3) is 0.417. The Balaban J connectivity index is 2.88. The van der Waals surface area contributed by atoms with E-state index in [0.29, 0.717) is 5.69 Å². The lowest BCUT2D eigenvalue weighted by Gasteiger charge is -2.20. The fourth-order valence-electron chi connectivity index (χ4n) is 1.92. The summed E-state index contributed by atoms with van der Waals surface area (Å²) in [6.07, 6.45) is 1.00. The van der Waals surface area contributed by atoms with Gasteiger partial charge in [0, 0.05) is 24.7 Å². The lowest BCUT2D eigenvalue weighted by Crippen LogP contribution is -2.28. The summed E-state index contributed by atoms with van der Waals surface area (Å²) in [6.45, 7) is 0. The van der Waals surface area contributed by atoms with Gasteiger partial charge in [-0.05, 0) is 18.6 Å². The molecular weight excluding hydrogens is 285 g/mol.